The van der Waals surface area contributed by atoms with Gasteiger partial charge in [0, 0.05) is 11.6 Å². The van der Waals surface area contributed by atoms with E-state index in [1.54, 1.807) is 11.8 Å². The van der Waals surface area contributed by atoms with E-state index in [1.165, 1.54) is 31.5 Å². The second kappa shape index (κ2) is 7.03. The lowest BCUT2D eigenvalue weighted by Gasteiger charge is -2.25. The van der Waals surface area contributed by atoms with E-state index in [2.05, 4.69) is 4.90 Å². The standard InChI is InChI=1S/C16H21ClN2OS/c17-14-6-4-13(5-7-14)16-19(15(20)12-21-16)11-3-10-18-8-1-2-9-18/h4-7,16H,1-3,8-12H2. The topological polar surface area (TPSA) is 23.6 Å². The van der Waals surface area contributed by atoms with Crippen LogP contribution in [0.15, 0.2) is 24.3 Å². The summed E-state index contributed by atoms with van der Waals surface area (Å²) in [6.07, 6.45) is 3.72. The van der Waals surface area contributed by atoms with Crippen molar-refractivity contribution in [3.05, 3.63) is 34.9 Å². The van der Waals surface area contributed by atoms with E-state index in [0.717, 1.165) is 24.5 Å². The van der Waals surface area contributed by atoms with Gasteiger partial charge in [-0.25, -0.2) is 0 Å². The maximum absolute atomic E-state index is 12.1. The molecule has 2 heterocycles. The number of likely N-dealkylation sites (tertiary alicyclic amines) is 1. The van der Waals surface area contributed by atoms with Gasteiger partial charge in [-0.1, -0.05) is 23.7 Å². The van der Waals surface area contributed by atoms with Gasteiger partial charge >= 0.3 is 0 Å². The normalized spacial score (nSPS) is 23.2. The molecule has 21 heavy (non-hydrogen) atoms. The van der Waals surface area contributed by atoms with Gasteiger partial charge in [-0.2, -0.15) is 0 Å². The number of rotatable bonds is 5. The SMILES string of the molecule is O=C1CSC(c2ccc(Cl)cc2)N1CCCN1CCCC1. The van der Waals surface area contributed by atoms with Crippen LogP contribution in [0.5, 0.6) is 0 Å². The third kappa shape index (κ3) is 3.74. The molecular weight excluding hydrogens is 304 g/mol. The molecule has 1 aromatic carbocycles. The van der Waals surface area contributed by atoms with Gasteiger partial charge in [0.1, 0.15) is 5.37 Å². The van der Waals surface area contributed by atoms with Crippen molar-refractivity contribution in [3.8, 4) is 0 Å². The number of amides is 1. The summed E-state index contributed by atoms with van der Waals surface area (Å²) in [5, 5.41) is 0.905. The lowest BCUT2D eigenvalue weighted by atomic mass is 10.2. The van der Waals surface area contributed by atoms with Gasteiger partial charge in [-0.05, 0) is 56.6 Å². The third-order valence-corrected chi connectivity index (χ3v) is 5.70. The van der Waals surface area contributed by atoms with Crippen molar-refractivity contribution in [2.75, 3.05) is 31.9 Å². The zero-order valence-corrected chi connectivity index (χ0v) is 13.7. The summed E-state index contributed by atoms with van der Waals surface area (Å²) in [6, 6.07) is 7.88. The van der Waals surface area contributed by atoms with E-state index >= 15 is 0 Å². The van der Waals surface area contributed by atoms with E-state index in [9.17, 15) is 4.79 Å². The second-order valence-electron chi connectivity index (χ2n) is 5.70. The first-order chi connectivity index (χ1) is 10.2. The minimum atomic E-state index is 0.161. The fraction of sp³-hybridized carbons (Fsp3) is 0.562. The molecule has 114 valence electrons. The van der Waals surface area contributed by atoms with E-state index in [1.807, 2.05) is 29.2 Å². The Morgan fingerprint density at radius 2 is 1.86 bits per heavy atom. The molecule has 5 heteroatoms. The average molecular weight is 325 g/mol. The monoisotopic (exact) mass is 324 g/mol. The zero-order valence-electron chi connectivity index (χ0n) is 12.1. The van der Waals surface area contributed by atoms with Gasteiger partial charge in [-0.15, -0.1) is 11.8 Å². The van der Waals surface area contributed by atoms with Crippen molar-refractivity contribution in [2.24, 2.45) is 0 Å². The van der Waals surface area contributed by atoms with Gasteiger partial charge in [0.25, 0.3) is 0 Å². The maximum Gasteiger partial charge on any atom is 0.233 e. The van der Waals surface area contributed by atoms with Crippen LogP contribution in [0.3, 0.4) is 0 Å². The first-order valence-electron chi connectivity index (χ1n) is 7.63. The van der Waals surface area contributed by atoms with Gasteiger partial charge < -0.3 is 9.80 Å². The van der Waals surface area contributed by atoms with Crippen LogP contribution in [0.1, 0.15) is 30.2 Å². The van der Waals surface area contributed by atoms with Gasteiger partial charge in [0.2, 0.25) is 5.91 Å². The summed E-state index contributed by atoms with van der Waals surface area (Å²) in [5.41, 5.74) is 1.18. The highest BCUT2D eigenvalue weighted by Crippen LogP contribution is 2.38. The molecule has 0 aliphatic carbocycles. The summed E-state index contributed by atoms with van der Waals surface area (Å²) in [5.74, 6) is 0.859. The number of halogens is 1. The Morgan fingerprint density at radius 3 is 2.57 bits per heavy atom. The fourth-order valence-corrected chi connectivity index (χ4v) is 4.42. The first kappa shape index (κ1) is 15.2. The molecule has 1 unspecified atom stereocenters. The molecule has 0 radical (unpaired) electrons. The molecule has 1 atom stereocenters. The Hall–Kier alpha value is -0.710. The Kier molecular flexibility index (Phi) is 5.09. The van der Waals surface area contributed by atoms with Crippen molar-refractivity contribution >= 4 is 29.3 Å². The van der Waals surface area contributed by atoms with Gasteiger partial charge in [0.15, 0.2) is 0 Å². The Balaban J connectivity index is 1.58. The Labute approximate surface area is 135 Å². The first-order valence-corrected chi connectivity index (χ1v) is 9.05. The number of carbonyl (C=O) groups excluding carboxylic acids is 1. The predicted octanol–water partition coefficient (Wildman–Crippen LogP) is 3.40. The molecule has 0 aromatic heterocycles. The molecule has 2 saturated heterocycles. The van der Waals surface area contributed by atoms with Crippen molar-refractivity contribution in [3.63, 3.8) is 0 Å². The van der Waals surface area contributed by atoms with Crippen LogP contribution in [0.2, 0.25) is 5.02 Å². The number of hydrogen-bond donors (Lipinski definition) is 0. The zero-order chi connectivity index (χ0) is 14.7. The van der Waals surface area contributed by atoms with Crippen molar-refractivity contribution < 1.29 is 4.79 Å². The molecule has 3 nitrogen and oxygen atoms in total. The van der Waals surface area contributed by atoms with Crippen LogP contribution in [0, 0.1) is 0 Å². The lowest BCUT2D eigenvalue weighted by Crippen LogP contribution is -2.31. The Bertz CT molecular complexity index is 488. The molecule has 2 aliphatic rings. The number of benzene rings is 1. The Morgan fingerprint density at radius 1 is 1.14 bits per heavy atom. The summed E-state index contributed by atoms with van der Waals surface area (Å²) in [4.78, 5) is 16.7. The number of hydrogen-bond acceptors (Lipinski definition) is 3. The molecule has 0 spiro atoms. The molecule has 0 bridgehead atoms. The van der Waals surface area contributed by atoms with E-state index in [4.69, 9.17) is 11.6 Å². The molecule has 0 saturated carbocycles. The predicted molar refractivity (Wildman–Crippen MR) is 88.7 cm³/mol. The minimum absolute atomic E-state index is 0.161. The van der Waals surface area contributed by atoms with Crippen LogP contribution in [-0.4, -0.2) is 47.6 Å². The fourth-order valence-electron chi connectivity index (χ4n) is 3.07. The molecule has 2 fully saturated rings. The third-order valence-electron chi connectivity index (χ3n) is 4.20. The number of carbonyl (C=O) groups is 1. The summed E-state index contributed by atoms with van der Waals surface area (Å²) >= 11 is 7.67. The van der Waals surface area contributed by atoms with E-state index in [0.29, 0.717) is 5.75 Å². The summed E-state index contributed by atoms with van der Waals surface area (Å²) in [6.45, 7) is 4.42. The smallest absolute Gasteiger partial charge is 0.233 e. The van der Waals surface area contributed by atoms with Crippen LogP contribution in [0.25, 0.3) is 0 Å². The quantitative estimate of drug-likeness (QED) is 0.829. The largest absolute Gasteiger partial charge is 0.326 e. The van der Waals surface area contributed by atoms with E-state index in [-0.39, 0.29) is 11.3 Å². The molecule has 3 rings (SSSR count). The van der Waals surface area contributed by atoms with Crippen molar-refractivity contribution in [1.29, 1.82) is 0 Å². The van der Waals surface area contributed by atoms with Crippen LogP contribution >= 0.6 is 23.4 Å². The molecule has 1 aromatic rings. The van der Waals surface area contributed by atoms with Crippen LogP contribution in [-0.2, 0) is 4.79 Å². The molecule has 1 amide bonds. The van der Waals surface area contributed by atoms with Gasteiger partial charge in [0.05, 0.1) is 5.75 Å². The van der Waals surface area contributed by atoms with Crippen LogP contribution in [0.4, 0.5) is 0 Å². The second-order valence-corrected chi connectivity index (χ2v) is 7.21. The maximum atomic E-state index is 12.1. The summed E-state index contributed by atoms with van der Waals surface area (Å²) in [7, 11) is 0. The molecule has 0 N–H and O–H groups in total. The van der Waals surface area contributed by atoms with Crippen molar-refractivity contribution in [1.82, 2.24) is 9.80 Å². The molecular formula is C16H21ClN2OS. The minimum Gasteiger partial charge on any atom is -0.326 e. The van der Waals surface area contributed by atoms with Gasteiger partial charge in [-0.3, -0.25) is 4.79 Å². The van der Waals surface area contributed by atoms with Crippen molar-refractivity contribution in [2.45, 2.75) is 24.6 Å². The number of nitrogens with zero attached hydrogens (tertiary/aromatic N) is 2. The number of thioether (sulfide) groups is 1. The highest BCUT2D eigenvalue weighted by molar-refractivity contribution is 8.00. The van der Waals surface area contributed by atoms with Crippen LogP contribution < -0.4 is 0 Å². The summed E-state index contributed by atoms with van der Waals surface area (Å²) < 4.78 is 0. The highest BCUT2D eigenvalue weighted by atomic mass is 35.5. The average Bonchev–Trinajstić information content (AvgIpc) is 3.11. The highest BCUT2D eigenvalue weighted by Gasteiger charge is 2.32. The lowest BCUT2D eigenvalue weighted by molar-refractivity contribution is -0.128. The molecule has 2 aliphatic heterocycles. The van der Waals surface area contributed by atoms with E-state index < -0.39 is 0 Å².